The Morgan fingerprint density at radius 1 is 1.21 bits per heavy atom. The molecule has 34 heavy (non-hydrogen) atoms. The van der Waals surface area contributed by atoms with Gasteiger partial charge in [0.2, 0.25) is 0 Å². The van der Waals surface area contributed by atoms with Crippen molar-refractivity contribution in [2.45, 2.75) is 76.5 Å². The summed E-state index contributed by atoms with van der Waals surface area (Å²) >= 11 is 0. The molecule has 1 heterocycles. The maximum absolute atomic E-state index is 13.5. The first kappa shape index (κ1) is 28.5. The monoisotopic (exact) mass is 485 g/mol. The van der Waals surface area contributed by atoms with Gasteiger partial charge in [-0.15, -0.1) is 0 Å². The summed E-state index contributed by atoms with van der Waals surface area (Å²) in [5, 5.41) is 33.7. The number of carboxylic acid groups (broad SMARTS) is 1. The molecule has 0 saturated heterocycles. The van der Waals surface area contributed by atoms with E-state index < -0.39 is 24.6 Å². The molecular weight excluding hydrogens is 452 g/mol. The zero-order valence-corrected chi connectivity index (χ0v) is 22.2. The molecule has 0 bridgehead atoms. The fraction of sp³-hybridized carbons (Fsp3) is 0.542. The van der Waals surface area contributed by atoms with Crippen LogP contribution in [0.5, 0.6) is 0 Å². The van der Waals surface area contributed by atoms with Crippen LogP contribution in [0.4, 0.5) is 4.39 Å². The Morgan fingerprint density at radius 2 is 1.82 bits per heavy atom. The van der Waals surface area contributed by atoms with Crippen LogP contribution in [-0.4, -0.2) is 67.2 Å². The Morgan fingerprint density at radius 3 is 2.35 bits per heavy atom. The smallest absolute Gasteiger partial charge is 1.00 e. The molecule has 3 rings (SSSR count). The number of aliphatic hydroxyl groups is 2. The van der Waals surface area contributed by atoms with Gasteiger partial charge in [0, 0.05) is 24.3 Å². The van der Waals surface area contributed by atoms with Crippen molar-refractivity contribution >= 4 is 11.9 Å². The van der Waals surface area contributed by atoms with Crippen LogP contribution in [0, 0.1) is 5.82 Å². The van der Waals surface area contributed by atoms with Gasteiger partial charge < -0.3 is 21.6 Å². The van der Waals surface area contributed by atoms with Crippen LogP contribution in [0.25, 0.3) is 5.69 Å². The average molecular weight is 486 g/mol. The summed E-state index contributed by atoms with van der Waals surface area (Å²) < 4.78 is 15.2. The van der Waals surface area contributed by atoms with E-state index in [-0.39, 0.29) is 67.5 Å². The number of carbonyl (C=O) groups excluding carboxylic acids is 1. The summed E-state index contributed by atoms with van der Waals surface area (Å²) in [4.78, 5) is 25.7. The number of benzene rings is 1. The number of aliphatic carboxylic acids is 1. The molecule has 8 nitrogen and oxygen atoms in total. The van der Waals surface area contributed by atoms with Gasteiger partial charge in [0.25, 0.3) is 5.91 Å². The molecule has 0 unspecified atom stereocenters. The predicted octanol–water partition coefficient (Wildman–Crippen LogP) is 0.00490. The van der Waals surface area contributed by atoms with Gasteiger partial charge in [-0.05, 0) is 62.3 Å². The number of carboxylic acids is 1. The molecule has 0 aliphatic heterocycles. The number of hydrogen-bond donors (Lipinski definition) is 3. The Balaban J connectivity index is 0.00000306. The van der Waals surface area contributed by atoms with Crippen molar-refractivity contribution in [3.8, 4) is 5.69 Å². The minimum absolute atomic E-state index is 0. The molecule has 10 heteroatoms. The van der Waals surface area contributed by atoms with E-state index in [4.69, 9.17) is 5.11 Å². The van der Waals surface area contributed by atoms with Crippen molar-refractivity contribution in [2.24, 2.45) is 0 Å². The zero-order chi connectivity index (χ0) is 24.3. The van der Waals surface area contributed by atoms with E-state index in [1.54, 1.807) is 28.8 Å². The van der Waals surface area contributed by atoms with E-state index >= 15 is 0 Å². The summed E-state index contributed by atoms with van der Waals surface area (Å²) in [5.41, 5.74) is 2.45. The van der Waals surface area contributed by atoms with E-state index in [2.05, 4.69) is 5.10 Å². The van der Waals surface area contributed by atoms with E-state index in [9.17, 15) is 24.2 Å². The second-order valence-corrected chi connectivity index (χ2v) is 9.08. The van der Waals surface area contributed by atoms with E-state index in [1.807, 2.05) is 13.8 Å². The molecule has 1 aliphatic carbocycles. The van der Waals surface area contributed by atoms with Crippen molar-refractivity contribution in [3.05, 3.63) is 47.0 Å². The molecule has 1 aromatic carbocycles. The second kappa shape index (κ2) is 12.3. The van der Waals surface area contributed by atoms with Crippen LogP contribution in [0.3, 0.4) is 0 Å². The maximum atomic E-state index is 13.5. The van der Waals surface area contributed by atoms with Crippen molar-refractivity contribution in [3.63, 3.8) is 0 Å². The molecule has 2 atom stereocenters. The van der Waals surface area contributed by atoms with Gasteiger partial charge in [-0.3, -0.25) is 9.59 Å². The topological polar surface area (TPSA) is 116 Å². The molecule has 1 aliphatic rings. The molecule has 0 spiro atoms. The first-order chi connectivity index (χ1) is 15.6. The molecule has 182 valence electrons. The SMILES string of the molecule is CC(C)c1c(C(=O)N(C)C2CC2)nn(-c2ccc(F)cc2)c1CC[C@@H](O)C[C@@H](O)CC(=O)O.[H-].[Na+]. The van der Waals surface area contributed by atoms with Gasteiger partial charge in [-0.1, -0.05) is 13.8 Å². The molecule has 1 fully saturated rings. The van der Waals surface area contributed by atoms with Crippen molar-refractivity contribution in [2.75, 3.05) is 7.05 Å². The Labute approximate surface area is 222 Å². The number of amides is 1. The van der Waals surface area contributed by atoms with Gasteiger partial charge in [0.1, 0.15) is 5.82 Å². The largest absolute Gasteiger partial charge is 1.00 e. The van der Waals surface area contributed by atoms with Crippen LogP contribution in [-0.2, 0) is 11.2 Å². The first-order valence-corrected chi connectivity index (χ1v) is 11.3. The quantitative estimate of drug-likeness (QED) is 0.386. The second-order valence-electron chi connectivity index (χ2n) is 9.08. The number of hydrogen-bond acceptors (Lipinski definition) is 5. The Kier molecular flexibility index (Phi) is 10.3. The van der Waals surface area contributed by atoms with Gasteiger partial charge in [-0.2, -0.15) is 5.10 Å². The van der Waals surface area contributed by atoms with E-state index in [0.717, 1.165) is 24.1 Å². The third kappa shape index (κ3) is 7.11. The number of rotatable bonds is 11. The van der Waals surface area contributed by atoms with Crippen molar-refractivity contribution in [1.82, 2.24) is 14.7 Å². The fourth-order valence-corrected chi connectivity index (χ4v) is 4.08. The van der Waals surface area contributed by atoms with Crippen molar-refractivity contribution < 1.29 is 60.3 Å². The van der Waals surface area contributed by atoms with Crippen LogP contribution in [0.2, 0.25) is 0 Å². The standard InChI is InChI=1S/C24H32FN3O5.Na.H/c1-14(2)22-20(11-10-18(29)12-19(30)13-21(31)32)28(17-6-4-15(25)5-7-17)26-23(22)24(33)27(3)16-8-9-16;;/h4-7,14,16,18-19,29-30H,8-13H2,1-3H3,(H,31,32);;/q;+1;-1/t18-,19-;;/m1../s1. The van der Waals surface area contributed by atoms with Gasteiger partial charge in [-0.25, -0.2) is 9.07 Å². The molecule has 2 aromatic rings. The Bertz CT molecular complexity index is 998. The summed E-state index contributed by atoms with van der Waals surface area (Å²) in [6.45, 7) is 3.94. The van der Waals surface area contributed by atoms with Crippen LogP contribution >= 0.6 is 0 Å². The summed E-state index contributed by atoms with van der Waals surface area (Å²) in [7, 11) is 1.77. The summed E-state index contributed by atoms with van der Waals surface area (Å²) in [6.07, 6.45) is -0.0457. The maximum Gasteiger partial charge on any atom is 1.00 e. The van der Waals surface area contributed by atoms with Crippen LogP contribution < -0.4 is 29.6 Å². The number of aromatic nitrogens is 2. The van der Waals surface area contributed by atoms with Gasteiger partial charge >= 0.3 is 35.5 Å². The number of carbonyl (C=O) groups is 2. The third-order valence-electron chi connectivity index (χ3n) is 5.96. The predicted molar refractivity (Wildman–Crippen MR) is 121 cm³/mol. The van der Waals surface area contributed by atoms with Gasteiger partial charge in [0.15, 0.2) is 5.69 Å². The molecule has 1 amide bonds. The number of aliphatic hydroxyl groups excluding tert-OH is 2. The van der Waals surface area contributed by atoms with E-state index in [1.165, 1.54) is 12.1 Å². The van der Waals surface area contributed by atoms with Crippen LogP contribution in [0.15, 0.2) is 24.3 Å². The number of halogens is 1. The fourth-order valence-electron chi connectivity index (χ4n) is 4.08. The molecule has 1 saturated carbocycles. The average Bonchev–Trinajstić information content (AvgIpc) is 3.51. The molecule has 3 N–H and O–H groups in total. The normalized spacial score (nSPS) is 15.0. The molecule has 0 radical (unpaired) electrons. The zero-order valence-electron chi connectivity index (χ0n) is 21.2. The minimum atomic E-state index is -1.14. The van der Waals surface area contributed by atoms with Gasteiger partial charge in [0.05, 0.1) is 24.3 Å². The summed E-state index contributed by atoms with van der Waals surface area (Å²) in [6, 6.07) is 6.04. The Hall–Kier alpha value is -1.78. The summed E-state index contributed by atoms with van der Waals surface area (Å²) in [5.74, 6) is -1.71. The van der Waals surface area contributed by atoms with Crippen molar-refractivity contribution in [1.29, 1.82) is 0 Å². The third-order valence-corrected chi connectivity index (χ3v) is 5.96. The van der Waals surface area contributed by atoms with Crippen LogP contribution in [0.1, 0.15) is 75.0 Å². The minimum Gasteiger partial charge on any atom is -1.00 e. The molecule has 1 aromatic heterocycles. The van der Waals surface area contributed by atoms with E-state index in [0.29, 0.717) is 17.8 Å². The number of nitrogens with zero attached hydrogens (tertiary/aromatic N) is 3. The first-order valence-electron chi connectivity index (χ1n) is 11.3. The molecular formula is C24H33FN3NaO5.